The van der Waals surface area contributed by atoms with E-state index >= 15 is 0 Å². The fourth-order valence-corrected chi connectivity index (χ4v) is 2.94. The molecule has 0 amide bonds. The van der Waals surface area contributed by atoms with E-state index in [0.29, 0.717) is 19.5 Å². The molecule has 0 bridgehead atoms. The van der Waals surface area contributed by atoms with Gasteiger partial charge in [0.25, 0.3) is 10.0 Å². The molecule has 0 saturated heterocycles. The molecule has 21 heavy (non-hydrogen) atoms. The van der Waals surface area contributed by atoms with Gasteiger partial charge in [-0.05, 0) is 31.2 Å². The Morgan fingerprint density at radius 1 is 1.43 bits per heavy atom. The van der Waals surface area contributed by atoms with Crippen molar-refractivity contribution in [3.8, 4) is 0 Å². The van der Waals surface area contributed by atoms with Crippen LogP contribution >= 0.6 is 11.6 Å². The Kier molecular flexibility index (Phi) is 4.81. The number of sulfonamides is 1. The summed E-state index contributed by atoms with van der Waals surface area (Å²) < 4.78 is 41.1. The Labute approximate surface area is 126 Å². The molecule has 0 aliphatic carbocycles. The summed E-state index contributed by atoms with van der Waals surface area (Å²) in [5.41, 5.74) is 5.49. The van der Waals surface area contributed by atoms with E-state index in [0.717, 1.165) is 12.1 Å². The Bertz CT molecular complexity index is 733. The van der Waals surface area contributed by atoms with Crippen molar-refractivity contribution in [3.05, 3.63) is 41.4 Å². The van der Waals surface area contributed by atoms with Gasteiger partial charge in [-0.15, -0.1) is 0 Å². The van der Waals surface area contributed by atoms with Crippen LogP contribution in [0.3, 0.4) is 0 Å². The SMILES string of the molecule is NCCCn1cc(S(=O)(=O)Nc2ccc(F)cc2Cl)cn1. The first-order valence-electron chi connectivity index (χ1n) is 6.13. The highest BCUT2D eigenvalue weighted by molar-refractivity contribution is 7.92. The molecule has 0 fully saturated rings. The van der Waals surface area contributed by atoms with Gasteiger partial charge in [0.1, 0.15) is 10.7 Å². The molecule has 2 rings (SSSR count). The lowest BCUT2D eigenvalue weighted by molar-refractivity contribution is 0.582. The lowest BCUT2D eigenvalue weighted by atomic mass is 10.3. The van der Waals surface area contributed by atoms with Gasteiger partial charge in [-0.1, -0.05) is 11.6 Å². The summed E-state index contributed by atoms with van der Waals surface area (Å²) in [6.07, 6.45) is 3.32. The first-order valence-corrected chi connectivity index (χ1v) is 7.99. The van der Waals surface area contributed by atoms with Crippen molar-refractivity contribution < 1.29 is 12.8 Å². The lowest BCUT2D eigenvalue weighted by Gasteiger charge is -2.07. The van der Waals surface area contributed by atoms with Crippen LogP contribution in [0, 0.1) is 5.82 Å². The smallest absolute Gasteiger partial charge is 0.265 e. The van der Waals surface area contributed by atoms with Gasteiger partial charge in [-0.25, -0.2) is 12.8 Å². The molecular weight excluding hydrogens is 319 g/mol. The van der Waals surface area contributed by atoms with Gasteiger partial charge >= 0.3 is 0 Å². The number of aryl methyl sites for hydroxylation is 1. The monoisotopic (exact) mass is 332 g/mol. The molecule has 0 saturated carbocycles. The third kappa shape index (κ3) is 3.93. The third-order valence-electron chi connectivity index (χ3n) is 2.69. The van der Waals surface area contributed by atoms with E-state index in [4.69, 9.17) is 17.3 Å². The number of benzene rings is 1. The number of anilines is 1. The van der Waals surface area contributed by atoms with Crippen LogP contribution in [0.1, 0.15) is 6.42 Å². The zero-order valence-electron chi connectivity index (χ0n) is 11.0. The number of hydrogen-bond acceptors (Lipinski definition) is 4. The minimum absolute atomic E-state index is 0.0000805. The Hall–Kier alpha value is -1.64. The zero-order chi connectivity index (χ0) is 15.5. The molecule has 114 valence electrons. The summed E-state index contributed by atoms with van der Waals surface area (Å²) in [6.45, 7) is 1.02. The highest BCUT2D eigenvalue weighted by Gasteiger charge is 2.18. The summed E-state index contributed by atoms with van der Waals surface area (Å²) >= 11 is 5.80. The van der Waals surface area contributed by atoms with Gasteiger partial charge in [-0.3, -0.25) is 9.40 Å². The Morgan fingerprint density at radius 3 is 2.86 bits per heavy atom. The van der Waals surface area contributed by atoms with Crippen LogP contribution < -0.4 is 10.5 Å². The van der Waals surface area contributed by atoms with Crippen LogP contribution in [0.2, 0.25) is 5.02 Å². The second-order valence-electron chi connectivity index (χ2n) is 4.31. The van der Waals surface area contributed by atoms with Crippen molar-refractivity contribution in [3.63, 3.8) is 0 Å². The van der Waals surface area contributed by atoms with E-state index in [1.165, 1.54) is 23.1 Å². The minimum atomic E-state index is -3.82. The molecule has 2 aromatic rings. The summed E-state index contributed by atoms with van der Waals surface area (Å²) in [5.74, 6) is -0.544. The van der Waals surface area contributed by atoms with E-state index in [2.05, 4.69) is 9.82 Å². The highest BCUT2D eigenvalue weighted by atomic mass is 35.5. The van der Waals surface area contributed by atoms with Crippen LogP contribution in [-0.4, -0.2) is 24.7 Å². The van der Waals surface area contributed by atoms with Crippen molar-refractivity contribution in [2.24, 2.45) is 5.73 Å². The van der Waals surface area contributed by atoms with Crippen molar-refractivity contribution in [2.75, 3.05) is 11.3 Å². The van der Waals surface area contributed by atoms with Gasteiger partial charge in [-0.2, -0.15) is 5.10 Å². The number of aromatic nitrogens is 2. The maximum absolute atomic E-state index is 12.9. The predicted molar refractivity (Wildman–Crippen MR) is 78.1 cm³/mol. The Morgan fingerprint density at radius 2 is 2.19 bits per heavy atom. The molecule has 6 nitrogen and oxygen atoms in total. The molecule has 0 aliphatic heterocycles. The first-order chi connectivity index (χ1) is 9.92. The molecule has 0 unspecified atom stereocenters. The molecule has 0 aliphatic rings. The maximum Gasteiger partial charge on any atom is 0.265 e. The van der Waals surface area contributed by atoms with E-state index in [9.17, 15) is 12.8 Å². The van der Waals surface area contributed by atoms with Crippen molar-refractivity contribution in [1.29, 1.82) is 0 Å². The number of hydrogen-bond donors (Lipinski definition) is 2. The van der Waals surface area contributed by atoms with Crippen LogP contribution in [0.25, 0.3) is 0 Å². The van der Waals surface area contributed by atoms with Gasteiger partial charge in [0, 0.05) is 12.7 Å². The molecule has 0 radical (unpaired) electrons. The van der Waals surface area contributed by atoms with Crippen molar-refractivity contribution in [2.45, 2.75) is 17.9 Å². The highest BCUT2D eigenvalue weighted by Crippen LogP contribution is 2.25. The summed E-state index contributed by atoms with van der Waals surface area (Å²) in [4.78, 5) is -0.0000805. The van der Waals surface area contributed by atoms with Crippen LogP contribution in [-0.2, 0) is 16.6 Å². The average Bonchev–Trinajstić information content (AvgIpc) is 2.89. The maximum atomic E-state index is 12.9. The summed E-state index contributed by atoms with van der Waals surface area (Å²) in [7, 11) is -3.82. The second kappa shape index (κ2) is 6.42. The van der Waals surface area contributed by atoms with E-state index in [1.54, 1.807) is 0 Å². The van der Waals surface area contributed by atoms with Gasteiger partial charge in [0.05, 0.1) is 16.9 Å². The molecule has 1 aromatic heterocycles. The summed E-state index contributed by atoms with van der Waals surface area (Å²) in [5, 5.41) is 3.93. The number of nitrogens with zero attached hydrogens (tertiary/aromatic N) is 2. The lowest BCUT2D eigenvalue weighted by Crippen LogP contribution is -2.13. The zero-order valence-corrected chi connectivity index (χ0v) is 12.5. The fraction of sp³-hybridized carbons (Fsp3) is 0.250. The Balaban J connectivity index is 2.19. The molecule has 0 atom stereocenters. The average molecular weight is 333 g/mol. The van der Waals surface area contributed by atoms with E-state index in [1.807, 2.05) is 0 Å². The van der Waals surface area contributed by atoms with Crippen LogP contribution in [0.15, 0.2) is 35.5 Å². The van der Waals surface area contributed by atoms with Crippen LogP contribution in [0.5, 0.6) is 0 Å². The molecule has 9 heteroatoms. The minimum Gasteiger partial charge on any atom is -0.330 e. The van der Waals surface area contributed by atoms with E-state index in [-0.39, 0.29) is 15.6 Å². The van der Waals surface area contributed by atoms with Gasteiger partial charge < -0.3 is 5.73 Å². The molecule has 3 N–H and O–H groups in total. The molecule has 0 spiro atoms. The van der Waals surface area contributed by atoms with Crippen molar-refractivity contribution >= 4 is 27.3 Å². The quantitative estimate of drug-likeness (QED) is 0.844. The number of rotatable bonds is 6. The standard InChI is InChI=1S/C12H14ClFN4O2S/c13-11-6-9(14)2-3-12(11)17-21(19,20)10-7-16-18(8-10)5-1-4-15/h2-3,6-8,17H,1,4-5,15H2. The number of nitrogens with two attached hydrogens (primary N) is 1. The number of halogens is 2. The molecule has 1 aromatic carbocycles. The van der Waals surface area contributed by atoms with Crippen LogP contribution in [0.4, 0.5) is 10.1 Å². The molecular formula is C12H14ClFN4O2S. The largest absolute Gasteiger partial charge is 0.330 e. The summed E-state index contributed by atoms with van der Waals surface area (Å²) in [6, 6.07) is 3.41. The second-order valence-corrected chi connectivity index (χ2v) is 6.40. The van der Waals surface area contributed by atoms with Crippen molar-refractivity contribution in [1.82, 2.24) is 9.78 Å². The third-order valence-corrected chi connectivity index (χ3v) is 4.32. The van der Waals surface area contributed by atoms with Gasteiger partial charge in [0.2, 0.25) is 0 Å². The van der Waals surface area contributed by atoms with E-state index < -0.39 is 15.8 Å². The topological polar surface area (TPSA) is 90.0 Å². The fourth-order valence-electron chi connectivity index (χ4n) is 1.63. The molecule has 1 heterocycles. The van der Waals surface area contributed by atoms with Gasteiger partial charge in [0.15, 0.2) is 0 Å². The normalized spacial score (nSPS) is 11.6. The first kappa shape index (κ1) is 15.7. The number of nitrogens with one attached hydrogen (secondary N) is 1. The predicted octanol–water partition coefficient (Wildman–Crippen LogP) is 1.83.